The van der Waals surface area contributed by atoms with Crippen molar-refractivity contribution in [2.45, 2.75) is 20.4 Å². The molecular formula is C14H22N2O2. The van der Waals surface area contributed by atoms with Gasteiger partial charge in [0.1, 0.15) is 5.75 Å². The van der Waals surface area contributed by atoms with Crippen molar-refractivity contribution >= 4 is 6.03 Å². The number of carbonyl (C=O) groups is 1. The zero-order chi connectivity index (χ0) is 13.5. The molecule has 1 rings (SSSR count). The predicted octanol–water partition coefficient (Wildman–Crippen LogP) is 2.59. The van der Waals surface area contributed by atoms with Crippen LogP contribution in [0, 0.1) is 0 Å². The molecule has 0 aliphatic heterocycles. The number of rotatable bonds is 5. The third-order valence-corrected chi connectivity index (χ3v) is 2.94. The lowest BCUT2D eigenvalue weighted by molar-refractivity contribution is 0.165. The second-order valence-electron chi connectivity index (χ2n) is 4.16. The second-order valence-corrected chi connectivity index (χ2v) is 4.16. The fraction of sp³-hybridized carbons (Fsp3) is 0.500. The average Bonchev–Trinajstić information content (AvgIpc) is 2.40. The number of carbonyl (C=O) groups excluding carboxylic acids is 1. The van der Waals surface area contributed by atoms with Gasteiger partial charge >= 0.3 is 6.03 Å². The topological polar surface area (TPSA) is 32.8 Å². The normalized spacial score (nSPS) is 10.0. The Hall–Kier alpha value is -1.71. The van der Waals surface area contributed by atoms with Crippen molar-refractivity contribution < 1.29 is 9.53 Å². The van der Waals surface area contributed by atoms with Crippen LogP contribution in [0.25, 0.3) is 0 Å². The second kappa shape index (κ2) is 6.89. The third kappa shape index (κ3) is 3.65. The molecule has 0 saturated heterocycles. The van der Waals surface area contributed by atoms with Crippen LogP contribution in [0.2, 0.25) is 0 Å². The summed E-state index contributed by atoms with van der Waals surface area (Å²) in [6.07, 6.45) is 0. The van der Waals surface area contributed by atoms with Gasteiger partial charge in [-0.1, -0.05) is 12.1 Å². The van der Waals surface area contributed by atoms with Crippen molar-refractivity contribution in [2.24, 2.45) is 0 Å². The summed E-state index contributed by atoms with van der Waals surface area (Å²) in [5.41, 5.74) is 1.10. The van der Waals surface area contributed by atoms with Crippen LogP contribution in [0.1, 0.15) is 19.4 Å². The van der Waals surface area contributed by atoms with Crippen LogP contribution >= 0.6 is 0 Å². The maximum absolute atomic E-state index is 12.1. The minimum Gasteiger partial charge on any atom is -0.497 e. The third-order valence-electron chi connectivity index (χ3n) is 2.94. The van der Waals surface area contributed by atoms with Crippen LogP contribution in [-0.4, -0.2) is 43.1 Å². The summed E-state index contributed by atoms with van der Waals surface area (Å²) in [5.74, 6) is 0.830. The molecule has 0 aromatic heterocycles. The molecule has 0 unspecified atom stereocenters. The van der Waals surface area contributed by atoms with Crippen molar-refractivity contribution in [1.29, 1.82) is 0 Å². The van der Waals surface area contributed by atoms with E-state index in [0.29, 0.717) is 6.54 Å². The van der Waals surface area contributed by atoms with E-state index in [1.54, 1.807) is 12.0 Å². The largest absolute Gasteiger partial charge is 0.497 e. The summed E-state index contributed by atoms with van der Waals surface area (Å²) >= 11 is 0. The first kappa shape index (κ1) is 14.4. The molecule has 0 heterocycles. The van der Waals surface area contributed by atoms with E-state index in [9.17, 15) is 4.79 Å². The molecular weight excluding hydrogens is 228 g/mol. The number of hydrogen-bond acceptors (Lipinski definition) is 2. The van der Waals surface area contributed by atoms with Crippen molar-refractivity contribution in [3.8, 4) is 5.75 Å². The lowest BCUT2D eigenvalue weighted by Gasteiger charge is -2.26. The number of amides is 2. The fourth-order valence-corrected chi connectivity index (χ4v) is 1.81. The van der Waals surface area contributed by atoms with Crippen LogP contribution in [0.4, 0.5) is 4.79 Å². The van der Waals surface area contributed by atoms with Gasteiger partial charge in [0.05, 0.1) is 7.11 Å². The number of methoxy groups -OCH3 is 1. The molecule has 0 aliphatic rings. The van der Waals surface area contributed by atoms with Gasteiger partial charge in [-0.3, -0.25) is 0 Å². The van der Waals surface area contributed by atoms with E-state index >= 15 is 0 Å². The highest BCUT2D eigenvalue weighted by Crippen LogP contribution is 2.13. The molecule has 1 aromatic rings. The van der Waals surface area contributed by atoms with Crippen molar-refractivity contribution in [3.63, 3.8) is 0 Å². The Morgan fingerprint density at radius 1 is 1.17 bits per heavy atom. The quantitative estimate of drug-likeness (QED) is 0.804. The number of nitrogens with zero attached hydrogens (tertiary/aromatic N) is 2. The summed E-state index contributed by atoms with van der Waals surface area (Å²) in [4.78, 5) is 15.6. The number of urea groups is 1. The highest BCUT2D eigenvalue weighted by Gasteiger charge is 2.14. The van der Waals surface area contributed by atoms with Gasteiger partial charge in [0.25, 0.3) is 0 Å². The SMILES string of the molecule is CCN(CC)C(=O)N(C)Cc1ccc(OC)cc1. The average molecular weight is 250 g/mol. The molecule has 1 aromatic carbocycles. The first-order chi connectivity index (χ1) is 8.62. The maximum atomic E-state index is 12.1. The molecule has 0 bridgehead atoms. The van der Waals surface area contributed by atoms with Crippen LogP contribution in [-0.2, 0) is 6.54 Å². The van der Waals surface area contributed by atoms with E-state index in [4.69, 9.17) is 4.74 Å². The van der Waals surface area contributed by atoms with Crippen LogP contribution < -0.4 is 4.74 Å². The van der Waals surface area contributed by atoms with Crippen molar-refractivity contribution in [2.75, 3.05) is 27.2 Å². The van der Waals surface area contributed by atoms with E-state index < -0.39 is 0 Å². The van der Waals surface area contributed by atoms with Crippen LogP contribution in [0.5, 0.6) is 5.75 Å². The highest BCUT2D eigenvalue weighted by atomic mass is 16.5. The van der Waals surface area contributed by atoms with Gasteiger partial charge in [-0.05, 0) is 31.5 Å². The fourth-order valence-electron chi connectivity index (χ4n) is 1.81. The molecule has 0 atom stereocenters. The number of benzene rings is 1. The van der Waals surface area contributed by atoms with Gasteiger partial charge in [0.2, 0.25) is 0 Å². The Morgan fingerprint density at radius 2 is 1.72 bits per heavy atom. The Bertz CT molecular complexity index is 372. The van der Waals surface area contributed by atoms with E-state index in [-0.39, 0.29) is 6.03 Å². The van der Waals surface area contributed by atoms with Gasteiger partial charge in [0.15, 0.2) is 0 Å². The zero-order valence-corrected chi connectivity index (χ0v) is 11.6. The summed E-state index contributed by atoms with van der Waals surface area (Å²) in [5, 5.41) is 0. The summed E-state index contributed by atoms with van der Waals surface area (Å²) in [7, 11) is 3.47. The zero-order valence-electron chi connectivity index (χ0n) is 11.6. The van der Waals surface area contributed by atoms with Gasteiger partial charge in [-0.15, -0.1) is 0 Å². The number of hydrogen-bond donors (Lipinski definition) is 0. The molecule has 0 saturated carbocycles. The number of ether oxygens (including phenoxy) is 1. The lowest BCUT2D eigenvalue weighted by Crippen LogP contribution is -2.40. The smallest absolute Gasteiger partial charge is 0.320 e. The molecule has 0 spiro atoms. The van der Waals surface area contributed by atoms with Gasteiger partial charge in [0, 0.05) is 26.7 Å². The molecule has 2 amide bonds. The highest BCUT2D eigenvalue weighted by molar-refractivity contribution is 5.74. The molecule has 18 heavy (non-hydrogen) atoms. The monoisotopic (exact) mass is 250 g/mol. The van der Waals surface area contributed by atoms with Gasteiger partial charge in [-0.2, -0.15) is 0 Å². The lowest BCUT2D eigenvalue weighted by atomic mass is 10.2. The molecule has 0 aliphatic carbocycles. The molecule has 4 heteroatoms. The minimum atomic E-state index is 0.0656. The Kier molecular flexibility index (Phi) is 5.49. The summed E-state index contributed by atoms with van der Waals surface area (Å²) in [6.45, 7) is 6.06. The van der Waals surface area contributed by atoms with Gasteiger partial charge in [-0.25, -0.2) is 4.79 Å². The van der Waals surface area contributed by atoms with E-state index in [2.05, 4.69) is 0 Å². The van der Waals surface area contributed by atoms with Crippen molar-refractivity contribution in [3.05, 3.63) is 29.8 Å². The summed E-state index contributed by atoms with van der Waals surface area (Å²) < 4.78 is 5.11. The summed E-state index contributed by atoms with van der Waals surface area (Å²) in [6, 6.07) is 7.84. The molecule has 0 radical (unpaired) electrons. The Labute approximate surface area is 109 Å². The van der Waals surface area contributed by atoms with E-state index in [0.717, 1.165) is 24.4 Å². The van der Waals surface area contributed by atoms with Crippen LogP contribution in [0.15, 0.2) is 24.3 Å². The molecule has 100 valence electrons. The molecule has 4 nitrogen and oxygen atoms in total. The van der Waals surface area contributed by atoms with Gasteiger partial charge < -0.3 is 14.5 Å². The Morgan fingerprint density at radius 3 is 2.17 bits per heavy atom. The predicted molar refractivity (Wildman–Crippen MR) is 72.8 cm³/mol. The Balaban J connectivity index is 2.62. The first-order valence-corrected chi connectivity index (χ1v) is 6.25. The van der Waals surface area contributed by atoms with E-state index in [1.807, 2.05) is 50.1 Å². The standard InChI is InChI=1S/C14H22N2O2/c1-5-16(6-2)14(17)15(3)11-12-7-9-13(18-4)10-8-12/h7-10H,5-6,11H2,1-4H3. The molecule has 0 N–H and O–H groups in total. The first-order valence-electron chi connectivity index (χ1n) is 6.25. The van der Waals surface area contributed by atoms with Crippen LogP contribution in [0.3, 0.4) is 0 Å². The van der Waals surface area contributed by atoms with E-state index in [1.165, 1.54) is 0 Å². The van der Waals surface area contributed by atoms with Crippen molar-refractivity contribution in [1.82, 2.24) is 9.80 Å². The maximum Gasteiger partial charge on any atom is 0.320 e. The molecule has 0 fully saturated rings. The minimum absolute atomic E-state index is 0.0656.